The zero-order valence-electron chi connectivity index (χ0n) is 14.5. The third-order valence-corrected chi connectivity index (χ3v) is 4.91. The van der Waals surface area contributed by atoms with Gasteiger partial charge in [-0.1, -0.05) is 13.8 Å². The van der Waals surface area contributed by atoms with E-state index in [4.69, 9.17) is 10.2 Å². The van der Waals surface area contributed by atoms with E-state index in [1.54, 1.807) is 11.2 Å². The quantitative estimate of drug-likeness (QED) is 0.937. The molecule has 0 radical (unpaired) electrons. The van der Waals surface area contributed by atoms with Crippen molar-refractivity contribution in [3.8, 4) is 0 Å². The summed E-state index contributed by atoms with van der Waals surface area (Å²) in [5.41, 5.74) is 9.53. The normalized spacial score (nSPS) is 17.8. The lowest BCUT2D eigenvalue weighted by Crippen LogP contribution is -2.44. The number of hydrogen-bond donors (Lipinski definition) is 1. The summed E-state index contributed by atoms with van der Waals surface area (Å²) >= 11 is 0. The van der Waals surface area contributed by atoms with Crippen LogP contribution in [0.5, 0.6) is 0 Å². The maximum atomic E-state index is 12.6. The molecule has 0 spiro atoms. The predicted octanol–water partition coefficient (Wildman–Crippen LogP) is 2.88. The second-order valence-electron chi connectivity index (χ2n) is 6.94. The summed E-state index contributed by atoms with van der Waals surface area (Å²) in [7, 11) is 0. The van der Waals surface area contributed by atoms with Crippen molar-refractivity contribution in [1.82, 2.24) is 4.90 Å². The van der Waals surface area contributed by atoms with E-state index in [9.17, 15) is 9.59 Å². The van der Waals surface area contributed by atoms with Crippen molar-refractivity contribution in [2.75, 3.05) is 6.54 Å². The highest BCUT2D eigenvalue weighted by molar-refractivity contribution is 5.91. The van der Waals surface area contributed by atoms with Crippen LogP contribution in [0.15, 0.2) is 22.8 Å². The smallest absolute Gasteiger partial charge is 0.240 e. The number of nitrogens with two attached hydrogens (primary N) is 1. The minimum atomic E-state index is -0.468. The number of rotatable bonds is 4. The Bertz CT molecular complexity index is 791. The number of hydrogen-bond acceptors (Lipinski definition) is 3. The van der Waals surface area contributed by atoms with Crippen LogP contribution in [-0.4, -0.2) is 29.3 Å². The molecule has 5 nitrogen and oxygen atoms in total. The SMILES string of the molecule is Cc1cc2occ(CC(=O)N3CCC[C@@H]3C(N)=O)c2cc1C(C)C. The van der Waals surface area contributed by atoms with Crippen LogP contribution in [0.3, 0.4) is 0 Å². The summed E-state index contributed by atoms with van der Waals surface area (Å²) in [5.74, 6) is -0.0769. The number of carbonyl (C=O) groups is 2. The zero-order valence-corrected chi connectivity index (χ0v) is 14.5. The number of furan rings is 1. The molecule has 1 aromatic heterocycles. The van der Waals surface area contributed by atoms with Crippen molar-refractivity contribution in [3.63, 3.8) is 0 Å². The first-order chi connectivity index (χ1) is 11.4. The van der Waals surface area contributed by atoms with Gasteiger partial charge in [-0.15, -0.1) is 0 Å². The third-order valence-electron chi connectivity index (χ3n) is 4.91. The van der Waals surface area contributed by atoms with E-state index in [0.29, 0.717) is 18.9 Å². The van der Waals surface area contributed by atoms with Crippen LogP contribution in [0.4, 0.5) is 0 Å². The number of fused-ring (bicyclic) bond motifs is 1. The highest BCUT2D eigenvalue weighted by atomic mass is 16.3. The second kappa shape index (κ2) is 6.30. The van der Waals surface area contributed by atoms with Crippen LogP contribution < -0.4 is 5.73 Å². The molecule has 128 valence electrons. The second-order valence-corrected chi connectivity index (χ2v) is 6.94. The number of aryl methyl sites for hydroxylation is 1. The average Bonchev–Trinajstić information content (AvgIpc) is 3.13. The summed E-state index contributed by atoms with van der Waals surface area (Å²) < 4.78 is 5.64. The summed E-state index contributed by atoms with van der Waals surface area (Å²) in [6.45, 7) is 6.98. The van der Waals surface area contributed by atoms with Gasteiger partial charge in [0.1, 0.15) is 11.6 Å². The lowest BCUT2D eigenvalue weighted by molar-refractivity contribution is -0.136. The summed E-state index contributed by atoms with van der Waals surface area (Å²) in [4.78, 5) is 25.7. The van der Waals surface area contributed by atoms with Gasteiger partial charge in [0.25, 0.3) is 0 Å². The first-order valence-electron chi connectivity index (χ1n) is 8.48. The molecule has 1 saturated heterocycles. The Morgan fingerprint density at radius 2 is 2.12 bits per heavy atom. The summed E-state index contributed by atoms with van der Waals surface area (Å²) in [6, 6.07) is 3.68. The number of primary amides is 1. The lowest BCUT2D eigenvalue weighted by Gasteiger charge is -2.22. The van der Waals surface area contributed by atoms with Gasteiger partial charge in [-0.2, -0.15) is 0 Å². The topological polar surface area (TPSA) is 76.5 Å². The maximum Gasteiger partial charge on any atom is 0.240 e. The van der Waals surface area contributed by atoms with Crippen LogP contribution in [0.1, 0.15) is 49.3 Å². The van der Waals surface area contributed by atoms with Crippen LogP contribution in [0.25, 0.3) is 11.0 Å². The molecule has 24 heavy (non-hydrogen) atoms. The summed E-state index contributed by atoms with van der Waals surface area (Å²) in [5, 5.41) is 0.979. The fourth-order valence-corrected chi connectivity index (χ4v) is 3.63. The monoisotopic (exact) mass is 328 g/mol. The molecule has 5 heteroatoms. The molecule has 3 rings (SSSR count). The predicted molar refractivity (Wildman–Crippen MR) is 92.7 cm³/mol. The molecular weight excluding hydrogens is 304 g/mol. The maximum absolute atomic E-state index is 12.6. The van der Waals surface area contributed by atoms with E-state index in [1.165, 1.54) is 11.1 Å². The van der Waals surface area contributed by atoms with Gasteiger partial charge in [0.2, 0.25) is 11.8 Å². The van der Waals surface area contributed by atoms with Crippen LogP contribution in [0, 0.1) is 6.92 Å². The van der Waals surface area contributed by atoms with Gasteiger partial charge in [0, 0.05) is 17.5 Å². The van der Waals surface area contributed by atoms with Crippen molar-refractivity contribution in [2.24, 2.45) is 5.73 Å². The van der Waals surface area contributed by atoms with Crippen LogP contribution >= 0.6 is 0 Å². The van der Waals surface area contributed by atoms with E-state index in [-0.39, 0.29) is 12.3 Å². The average molecular weight is 328 g/mol. The number of likely N-dealkylation sites (tertiary alicyclic amines) is 1. The lowest BCUT2D eigenvalue weighted by atomic mass is 9.95. The minimum Gasteiger partial charge on any atom is -0.464 e. The van der Waals surface area contributed by atoms with Crippen molar-refractivity contribution >= 4 is 22.8 Å². The molecule has 1 aromatic carbocycles. The fourth-order valence-electron chi connectivity index (χ4n) is 3.63. The zero-order chi connectivity index (χ0) is 17.4. The van der Waals surface area contributed by atoms with Crippen molar-refractivity contribution in [2.45, 2.75) is 52.0 Å². The number of benzene rings is 1. The van der Waals surface area contributed by atoms with Gasteiger partial charge in [-0.3, -0.25) is 9.59 Å². The van der Waals surface area contributed by atoms with E-state index >= 15 is 0 Å². The van der Waals surface area contributed by atoms with Gasteiger partial charge in [-0.05, 0) is 48.9 Å². The van der Waals surface area contributed by atoms with Crippen molar-refractivity contribution in [1.29, 1.82) is 0 Å². The fraction of sp³-hybridized carbons (Fsp3) is 0.474. The number of carbonyl (C=O) groups excluding carboxylic acids is 2. The standard InChI is InChI=1S/C19H24N2O3/c1-11(2)14-9-15-13(10-24-17(15)7-12(14)3)8-18(22)21-6-4-5-16(21)19(20)23/h7,9-11,16H,4-6,8H2,1-3H3,(H2,20,23)/t16-/m1/s1. The van der Waals surface area contributed by atoms with Crippen molar-refractivity contribution in [3.05, 3.63) is 35.1 Å². The van der Waals surface area contributed by atoms with E-state index < -0.39 is 11.9 Å². The van der Waals surface area contributed by atoms with E-state index in [0.717, 1.165) is 23.0 Å². The highest BCUT2D eigenvalue weighted by Crippen LogP contribution is 2.30. The molecular formula is C19H24N2O3. The molecule has 2 aromatic rings. The van der Waals surface area contributed by atoms with Gasteiger partial charge in [0.05, 0.1) is 12.7 Å². The van der Waals surface area contributed by atoms with E-state index in [2.05, 4.69) is 26.8 Å². The molecule has 1 aliphatic rings. The Morgan fingerprint density at radius 3 is 2.79 bits per heavy atom. The van der Waals surface area contributed by atoms with Gasteiger partial charge in [-0.25, -0.2) is 0 Å². The molecule has 0 bridgehead atoms. The summed E-state index contributed by atoms with van der Waals surface area (Å²) in [6.07, 6.45) is 3.37. The Morgan fingerprint density at radius 1 is 1.38 bits per heavy atom. The van der Waals surface area contributed by atoms with Crippen LogP contribution in [0.2, 0.25) is 0 Å². The minimum absolute atomic E-state index is 0.0642. The van der Waals surface area contributed by atoms with Gasteiger partial charge in [0.15, 0.2) is 0 Å². The molecule has 2 heterocycles. The third kappa shape index (κ3) is 2.90. The van der Waals surface area contributed by atoms with Gasteiger partial charge >= 0.3 is 0 Å². The Hall–Kier alpha value is -2.30. The van der Waals surface area contributed by atoms with Crippen LogP contribution in [-0.2, 0) is 16.0 Å². The molecule has 1 fully saturated rings. The first kappa shape index (κ1) is 16.6. The molecule has 2 N–H and O–H groups in total. The number of amides is 2. The Labute approximate surface area is 141 Å². The molecule has 0 unspecified atom stereocenters. The van der Waals surface area contributed by atoms with E-state index in [1.807, 2.05) is 6.07 Å². The Balaban J connectivity index is 1.89. The largest absolute Gasteiger partial charge is 0.464 e. The number of nitrogens with zero attached hydrogens (tertiary/aromatic N) is 1. The Kier molecular flexibility index (Phi) is 4.35. The molecule has 1 atom stereocenters. The van der Waals surface area contributed by atoms with Crippen molar-refractivity contribution < 1.29 is 14.0 Å². The van der Waals surface area contributed by atoms with Gasteiger partial charge < -0.3 is 15.1 Å². The molecule has 2 amide bonds. The first-order valence-corrected chi connectivity index (χ1v) is 8.48. The molecule has 0 aliphatic carbocycles. The molecule has 1 aliphatic heterocycles. The highest BCUT2D eigenvalue weighted by Gasteiger charge is 2.32. The molecule has 0 saturated carbocycles.